The highest BCUT2D eigenvalue weighted by Gasteiger charge is 2.31. The van der Waals surface area contributed by atoms with Crippen LogP contribution in [0.15, 0.2) is 48.5 Å². The van der Waals surface area contributed by atoms with E-state index in [-0.39, 0.29) is 5.97 Å². The lowest BCUT2D eigenvalue weighted by atomic mass is 10.0. The molecule has 0 spiro atoms. The minimum Gasteiger partial charge on any atom is -0.457 e. The normalized spacial score (nSPS) is 20.2. The summed E-state index contributed by atoms with van der Waals surface area (Å²) >= 11 is 0. The molecule has 0 unspecified atom stereocenters. The lowest BCUT2D eigenvalue weighted by Gasteiger charge is -2.23. The zero-order valence-electron chi connectivity index (χ0n) is 16.8. The van der Waals surface area contributed by atoms with Crippen molar-refractivity contribution in [3.05, 3.63) is 59.7 Å². The molecule has 0 bridgehead atoms. The molecule has 0 saturated carbocycles. The van der Waals surface area contributed by atoms with Crippen molar-refractivity contribution in [1.82, 2.24) is 0 Å². The number of ether oxygens (including phenoxy) is 1. The third kappa shape index (κ3) is 4.78. The number of urea groups is 1. The van der Waals surface area contributed by atoms with Crippen LogP contribution in [0.5, 0.6) is 0 Å². The van der Waals surface area contributed by atoms with Crippen LogP contribution in [0.1, 0.15) is 49.3 Å². The van der Waals surface area contributed by atoms with Crippen LogP contribution in [0.3, 0.4) is 0 Å². The molecule has 2 aliphatic rings. The van der Waals surface area contributed by atoms with E-state index in [4.69, 9.17) is 10.5 Å². The Labute approximate surface area is 185 Å². The van der Waals surface area contributed by atoms with Crippen molar-refractivity contribution in [2.75, 3.05) is 10.7 Å². The van der Waals surface area contributed by atoms with Gasteiger partial charge in [-0.1, -0.05) is 64.4 Å². The topological polar surface area (TPSA) is 72.6 Å². The van der Waals surface area contributed by atoms with Crippen molar-refractivity contribution in [3.63, 3.8) is 0 Å². The maximum atomic E-state index is 12.6. The van der Waals surface area contributed by atoms with E-state index in [2.05, 4.69) is 0 Å². The molecule has 2 aromatic rings. The number of primary amides is 1. The number of fused-ring (bicyclic) bond motifs is 2. The van der Waals surface area contributed by atoms with Crippen molar-refractivity contribution in [2.24, 2.45) is 5.73 Å². The average molecular weight is 443 g/mol. The Morgan fingerprint density at radius 3 is 2.60 bits per heavy atom. The van der Waals surface area contributed by atoms with Crippen molar-refractivity contribution < 1.29 is 14.3 Å². The number of anilines is 2. The van der Waals surface area contributed by atoms with Crippen molar-refractivity contribution in [3.8, 4) is 0 Å². The van der Waals surface area contributed by atoms with Gasteiger partial charge >= 0.3 is 12.0 Å². The molecule has 2 atom stereocenters. The van der Waals surface area contributed by atoms with E-state index >= 15 is 0 Å². The minimum atomic E-state index is -0.551. The molecule has 2 aromatic carbocycles. The Hall–Kier alpha value is -2.12. The molecule has 1 fully saturated rings. The number of hydrogen-bond acceptors (Lipinski definition) is 5. The lowest BCUT2D eigenvalue weighted by molar-refractivity contribution is -0.149. The van der Waals surface area contributed by atoms with E-state index in [9.17, 15) is 9.59 Å². The van der Waals surface area contributed by atoms with Crippen molar-refractivity contribution >= 4 is 45.0 Å². The maximum absolute atomic E-state index is 12.6. The van der Waals surface area contributed by atoms with Gasteiger partial charge in [-0.25, -0.2) is 4.79 Å². The summed E-state index contributed by atoms with van der Waals surface area (Å²) in [5.74, 6) is 1.05. The number of benzene rings is 2. The highest BCUT2D eigenvalue weighted by molar-refractivity contribution is 8.77. The molecular formula is C23H26N2O3S2. The fraction of sp³-hybridized carbons (Fsp3) is 0.391. The summed E-state index contributed by atoms with van der Waals surface area (Å²) < 4.78 is 5.93. The van der Waals surface area contributed by atoms with Gasteiger partial charge in [0.05, 0.1) is 11.4 Å². The SMILES string of the molecule is NC(=O)N1c2ccccc2C[C@H](OC(=O)CCCC[C@H]2CCSS2)c2ccccc21. The monoisotopic (exact) mass is 442 g/mol. The van der Waals surface area contributed by atoms with Crippen molar-refractivity contribution in [1.29, 1.82) is 0 Å². The molecule has 2 aliphatic heterocycles. The van der Waals surface area contributed by atoms with Crippen LogP contribution in [-0.4, -0.2) is 23.0 Å². The summed E-state index contributed by atoms with van der Waals surface area (Å²) in [6.07, 6.45) is 4.82. The first-order chi connectivity index (χ1) is 14.6. The Bertz CT molecular complexity index is 915. The van der Waals surface area contributed by atoms with E-state index in [0.29, 0.717) is 18.5 Å². The van der Waals surface area contributed by atoms with Crippen LogP contribution in [0.25, 0.3) is 0 Å². The third-order valence-electron chi connectivity index (χ3n) is 5.54. The molecule has 5 nitrogen and oxygen atoms in total. The predicted octanol–water partition coefficient (Wildman–Crippen LogP) is 5.76. The molecular weight excluding hydrogens is 416 g/mol. The van der Waals surface area contributed by atoms with Crippen LogP contribution in [-0.2, 0) is 16.0 Å². The second-order valence-electron chi connectivity index (χ2n) is 7.62. The molecule has 30 heavy (non-hydrogen) atoms. The van der Waals surface area contributed by atoms with Gasteiger partial charge < -0.3 is 10.5 Å². The van der Waals surface area contributed by atoms with Crippen LogP contribution >= 0.6 is 21.6 Å². The van der Waals surface area contributed by atoms with Gasteiger partial charge in [0.25, 0.3) is 0 Å². The molecule has 0 aliphatic carbocycles. The minimum absolute atomic E-state index is 0.187. The number of amides is 2. The van der Waals surface area contributed by atoms with Crippen LogP contribution in [0, 0.1) is 0 Å². The Balaban J connectivity index is 1.48. The van der Waals surface area contributed by atoms with E-state index in [1.807, 2.05) is 70.1 Å². The number of para-hydroxylation sites is 2. The highest BCUT2D eigenvalue weighted by Crippen LogP contribution is 2.42. The van der Waals surface area contributed by atoms with E-state index < -0.39 is 12.1 Å². The summed E-state index contributed by atoms with van der Waals surface area (Å²) in [6, 6.07) is 14.6. The van der Waals surface area contributed by atoms with Crippen LogP contribution in [0.2, 0.25) is 0 Å². The van der Waals surface area contributed by atoms with Gasteiger partial charge in [0, 0.05) is 29.4 Å². The maximum Gasteiger partial charge on any atom is 0.323 e. The molecule has 1 saturated heterocycles. The molecule has 2 N–H and O–H groups in total. The number of nitrogens with two attached hydrogens (primary N) is 1. The number of unbranched alkanes of at least 4 members (excludes halogenated alkanes) is 1. The van der Waals surface area contributed by atoms with E-state index in [0.717, 1.165) is 41.3 Å². The number of nitrogens with zero attached hydrogens (tertiary/aromatic N) is 1. The Kier molecular flexibility index (Phi) is 6.89. The summed E-state index contributed by atoms with van der Waals surface area (Å²) in [6.45, 7) is 0. The zero-order chi connectivity index (χ0) is 20.9. The van der Waals surface area contributed by atoms with E-state index in [1.54, 1.807) is 0 Å². The Morgan fingerprint density at radius 2 is 1.83 bits per heavy atom. The highest BCUT2D eigenvalue weighted by atomic mass is 33.1. The summed E-state index contributed by atoms with van der Waals surface area (Å²) in [7, 11) is 3.93. The number of esters is 1. The van der Waals surface area contributed by atoms with Crippen LogP contribution < -0.4 is 10.6 Å². The van der Waals surface area contributed by atoms with Gasteiger partial charge in [-0.2, -0.15) is 0 Å². The first kappa shape index (κ1) is 21.1. The largest absolute Gasteiger partial charge is 0.457 e. The van der Waals surface area contributed by atoms with Gasteiger partial charge in [-0.05, 0) is 37.0 Å². The first-order valence-electron chi connectivity index (χ1n) is 10.4. The number of hydrogen-bond donors (Lipinski definition) is 1. The molecule has 0 aromatic heterocycles. The van der Waals surface area contributed by atoms with Gasteiger partial charge in [0.1, 0.15) is 6.10 Å². The fourth-order valence-corrected chi connectivity index (χ4v) is 7.10. The molecule has 2 heterocycles. The van der Waals surface area contributed by atoms with Gasteiger partial charge in [0.15, 0.2) is 0 Å². The summed E-state index contributed by atoms with van der Waals surface area (Å²) in [5.41, 5.74) is 8.87. The van der Waals surface area contributed by atoms with Gasteiger partial charge in [-0.15, -0.1) is 0 Å². The van der Waals surface area contributed by atoms with Crippen LogP contribution in [0.4, 0.5) is 16.2 Å². The fourth-order valence-electron chi connectivity index (χ4n) is 4.07. The number of carbonyl (C=O) groups is 2. The first-order valence-corrected chi connectivity index (χ1v) is 12.8. The molecule has 4 rings (SSSR count). The smallest absolute Gasteiger partial charge is 0.323 e. The lowest BCUT2D eigenvalue weighted by Crippen LogP contribution is -2.32. The van der Waals surface area contributed by atoms with Gasteiger partial charge in [0.2, 0.25) is 0 Å². The Morgan fingerprint density at radius 1 is 1.07 bits per heavy atom. The summed E-state index contributed by atoms with van der Waals surface area (Å²) in [4.78, 5) is 26.4. The molecule has 2 amide bonds. The second kappa shape index (κ2) is 9.79. The quantitative estimate of drug-likeness (QED) is 0.350. The average Bonchev–Trinajstić information content (AvgIpc) is 3.21. The third-order valence-corrected chi connectivity index (χ3v) is 8.55. The zero-order valence-corrected chi connectivity index (χ0v) is 18.4. The second-order valence-corrected chi connectivity index (χ2v) is 10.4. The predicted molar refractivity (Wildman–Crippen MR) is 124 cm³/mol. The summed E-state index contributed by atoms with van der Waals surface area (Å²) in [5, 5.41) is 0.732. The van der Waals surface area contributed by atoms with Crippen molar-refractivity contribution in [2.45, 2.75) is 49.9 Å². The van der Waals surface area contributed by atoms with E-state index in [1.165, 1.54) is 17.1 Å². The molecule has 158 valence electrons. The number of carbonyl (C=O) groups excluding carboxylic acids is 2. The molecule has 7 heteroatoms. The molecule has 0 radical (unpaired) electrons. The standard InChI is InChI=1S/C23H26N2O3S2/c24-23(27)25-19-10-4-1-7-16(19)15-21(18-9-3-5-11-20(18)25)28-22(26)12-6-2-8-17-13-14-29-30-17/h1,3-5,7,9-11,17,21H,2,6,8,12-15H2,(H2,24,27)/t17-,21-/m0/s1. The number of rotatable bonds is 6. The van der Waals surface area contributed by atoms with Gasteiger partial charge in [-0.3, -0.25) is 9.69 Å².